The van der Waals surface area contributed by atoms with Crippen molar-refractivity contribution in [2.24, 2.45) is 5.92 Å². The minimum absolute atomic E-state index is 0.107. The van der Waals surface area contributed by atoms with Crippen LogP contribution in [0.5, 0.6) is 0 Å². The van der Waals surface area contributed by atoms with Crippen LogP contribution in [0.1, 0.15) is 24.2 Å². The molecule has 0 spiro atoms. The molecule has 1 rings (SSSR count). The van der Waals surface area contributed by atoms with Gasteiger partial charge in [-0.25, -0.2) is 4.39 Å². The zero-order chi connectivity index (χ0) is 16.9. The van der Waals surface area contributed by atoms with E-state index in [1.807, 2.05) is 0 Å². The maximum Gasteiger partial charge on any atom is 0.405 e. The Morgan fingerprint density at radius 1 is 1.14 bits per heavy atom. The van der Waals surface area contributed by atoms with Crippen LogP contribution in [0.2, 0.25) is 0 Å². The topological polar surface area (TPSA) is 58.2 Å². The zero-order valence-electron chi connectivity index (χ0n) is 12.0. The predicted octanol–water partition coefficient (Wildman–Crippen LogP) is 2.26. The SMILES string of the molecule is CC(C)C(NC(=O)c1ccc(F)cc1)C(=O)NCC(F)(F)F. The van der Waals surface area contributed by atoms with E-state index >= 15 is 0 Å². The van der Waals surface area contributed by atoms with Gasteiger partial charge in [0.2, 0.25) is 5.91 Å². The molecule has 1 aromatic rings. The van der Waals surface area contributed by atoms with Gasteiger partial charge >= 0.3 is 6.18 Å². The van der Waals surface area contributed by atoms with E-state index in [9.17, 15) is 27.2 Å². The molecule has 0 heterocycles. The number of hydrogen-bond acceptors (Lipinski definition) is 2. The molecule has 0 aliphatic heterocycles. The van der Waals surface area contributed by atoms with E-state index < -0.39 is 42.3 Å². The lowest BCUT2D eigenvalue weighted by Gasteiger charge is -2.22. The molecule has 0 bridgehead atoms. The van der Waals surface area contributed by atoms with E-state index in [1.54, 1.807) is 19.2 Å². The molecule has 0 aromatic heterocycles. The summed E-state index contributed by atoms with van der Waals surface area (Å²) >= 11 is 0. The van der Waals surface area contributed by atoms with Crippen molar-refractivity contribution in [2.45, 2.75) is 26.1 Å². The first-order valence-electron chi connectivity index (χ1n) is 6.51. The Labute approximate surface area is 124 Å². The smallest absolute Gasteiger partial charge is 0.345 e. The monoisotopic (exact) mass is 320 g/mol. The molecule has 4 nitrogen and oxygen atoms in total. The van der Waals surface area contributed by atoms with Crippen molar-refractivity contribution in [1.29, 1.82) is 0 Å². The Bertz CT molecular complexity index is 527. The molecular formula is C14H16F4N2O2. The van der Waals surface area contributed by atoms with Gasteiger partial charge in [-0.1, -0.05) is 13.8 Å². The van der Waals surface area contributed by atoms with Gasteiger partial charge in [0.1, 0.15) is 18.4 Å². The first kappa shape index (κ1) is 17.9. The second-order valence-electron chi connectivity index (χ2n) is 5.04. The Kier molecular flexibility index (Phi) is 5.90. The van der Waals surface area contributed by atoms with Crippen LogP contribution in [-0.4, -0.2) is 30.6 Å². The standard InChI is InChI=1S/C14H16F4N2O2/c1-8(2)11(13(22)19-7-14(16,17)18)20-12(21)9-3-5-10(15)6-4-9/h3-6,8,11H,7H2,1-2H3,(H,19,22)(H,20,21). The van der Waals surface area contributed by atoms with Crippen molar-refractivity contribution in [3.8, 4) is 0 Å². The Hall–Kier alpha value is -2.12. The molecular weight excluding hydrogens is 304 g/mol. The van der Waals surface area contributed by atoms with E-state index in [2.05, 4.69) is 5.32 Å². The summed E-state index contributed by atoms with van der Waals surface area (Å²) in [4.78, 5) is 23.7. The number of benzene rings is 1. The molecule has 0 aliphatic carbocycles. The summed E-state index contributed by atoms with van der Waals surface area (Å²) in [5.74, 6) is -2.54. The molecule has 8 heteroatoms. The fourth-order valence-corrected chi connectivity index (χ4v) is 1.66. The maximum absolute atomic E-state index is 12.8. The third-order valence-corrected chi connectivity index (χ3v) is 2.81. The third kappa shape index (κ3) is 5.71. The first-order valence-corrected chi connectivity index (χ1v) is 6.51. The molecule has 1 unspecified atom stereocenters. The van der Waals surface area contributed by atoms with Crippen LogP contribution in [0.3, 0.4) is 0 Å². The number of rotatable bonds is 5. The summed E-state index contributed by atoms with van der Waals surface area (Å²) in [5, 5.41) is 4.08. The van der Waals surface area contributed by atoms with E-state index in [-0.39, 0.29) is 5.56 Å². The van der Waals surface area contributed by atoms with E-state index in [0.29, 0.717) is 0 Å². The van der Waals surface area contributed by atoms with Crippen LogP contribution < -0.4 is 10.6 Å². The predicted molar refractivity (Wildman–Crippen MR) is 71.6 cm³/mol. The lowest BCUT2D eigenvalue weighted by Crippen LogP contribution is -2.51. The highest BCUT2D eigenvalue weighted by Crippen LogP contribution is 2.13. The molecule has 0 saturated heterocycles. The van der Waals surface area contributed by atoms with Crippen LogP contribution in [0.15, 0.2) is 24.3 Å². The molecule has 2 amide bonds. The van der Waals surface area contributed by atoms with Gasteiger partial charge in [-0.2, -0.15) is 13.2 Å². The lowest BCUT2D eigenvalue weighted by molar-refractivity contribution is -0.140. The fraction of sp³-hybridized carbons (Fsp3) is 0.429. The van der Waals surface area contributed by atoms with Crippen LogP contribution >= 0.6 is 0 Å². The van der Waals surface area contributed by atoms with E-state index in [1.165, 1.54) is 12.1 Å². The van der Waals surface area contributed by atoms with Gasteiger partial charge in [0.25, 0.3) is 5.91 Å². The van der Waals surface area contributed by atoms with Gasteiger partial charge in [0, 0.05) is 5.56 Å². The van der Waals surface area contributed by atoms with Gasteiger partial charge in [0.15, 0.2) is 0 Å². The highest BCUT2D eigenvalue weighted by atomic mass is 19.4. The number of alkyl halides is 3. The zero-order valence-corrected chi connectivity index (χ0v) is 12.0. The average molecular weight is 320 g/mol. The molecule has 0 saturated carbocycles. The normalized spacial score (nSPS) is 12.9. The van der Waals surface area contributed by atoms with E-state index in [4.69, 9.17) is 0 Å². The summed E-state index contributed by atoms with van der Waals surface area (Å²) in [6.45, 7) is 1.70. The van der Waals surface area contributed by atoms with E-state index in [0.717, 1.165) is 12.1 Å². The van der Waals surface area contributed by atoms with Crippen LogP contribution in [0.4, 0.5) is 17.6 Å². The lowest BCUT2D eigenvalue weighted by atomic mass is 10.0. The van der Waals surface area contributed by atoms with Gasteiger partial charge in [0.05, 0.1) is 0 Å². The third-order valence-electron chi connectivity index (χ3n) is 2.81. The molecule has 2 N–H and O–H groups in total. The number of carbonyl (C=O) groups excluding carboxylic acids is 2. The maximum atomic E-state index is 12.8. The summed E-state index contributed by atoms with van der Waals surface area (Å²) in [5.41, 5.74) is 0.107. The second kappa shape index (κ2) is 7.24. The molecule has 1 aromatic carbocycles. The van der Waals surface area contributed by atoms with Crippen molar-refractivity contribution in [2.75, 3.05) is 6.54 Å². The summed E-state index contributed by atoms with van der Waals surface area (Å²) < 4.78 is 49.1. The summed E-state index contributed by atoms with van der Waals surface area (Å²) in [6, 6.07) is 3.46. The first-order chi connectivity index (χ1) is 10.1. The number of halogens is 4. The second-order valence-corrected chi connectivity index (χ2v) is 5.04. The van der Waals surface area contributed by atoms with Crippen molar-refractivity contribution >= 4 is 11.8 Å². The Morgan fingerprint density at radius 3 is 2.14 bits per heavy atom. The quantitative estimate of drug-likeness (QED) is 0.818. The fourth-order valence-electron chi connectivity index (χ4n) is 1.66. The molecule has 0 aliphatic rings. The minimum atomic E-state index is -4.53. The van der Waals surface area contributed by atoms with Crippen molar-refractivity contribution in [1.82, 2.24) is 10.6 Å². The number of carbonyl (C=O) groups is 2. The Morgan fingerprint density at radius 2 is 1.68 bits per heavy atom. The van der Waals surface area contributed by atoms with Gasteiger partial charge in [-0.15, -0.1) is 0 Å². The van der Waals surface area contributed by atoms with Gasteiger partial charge in [-0.05, 0) is 30.2 Å². The Balaban J connectivity index is 2.73. The highest BCUT2D eigenvalue weighted by Gasteiger charge is 2.31. The van der Waals surface area contributed by atoms with Crippen LogP contribution in [0.25, 0.3) is 0 Å². The minimum Gasteiger partial charge on any atom is -0.345 e. The molecule has 0 fully saturated rings. The summed E-state index contributed by atoms with van der Waals surface area (Å²) in [7, 11) is 0. The molecule has 22 heavy (non-hydrogen) atoms. The highest BCUT2D eigenvalue weighted by molar-refractivity contribution is 5.97. The van der Waals surface area contributed by atoms with Gasteiger partial charge < -0.3 is 10.6 Å². The van der Waals surface area contributed by atoms with Crippen LogP contribution in [-0.2, 0) is 4.79 Å². The molecule has 122 valence electrons. The number of nitrogens with one attached hydrogen (secondary N) is 2. The van der Waals surface area contributed by atoms with Gasteiger partial charge in [-0.3, -0.25) is 9.59 Å². The van der Waals surface area contributed by atoms with Crippen molar-refractivity contribution in [3.05, 3.63) is 35.6 Å². The van der Waals surface area contributed by atoms with Crippen molar-refractivity contribution < 1.29 is 27.2 Å². The molecule has 0 radical (unpaired) electrons. The number of amides is 2. The average Bonchev–Trinajstić information content (AvgIpc) is 2.41. The summed E-state index contributed by atoms with van der Waals surface area (Å²) in [6.07, 6.45) is -4.53. The van der Waals surface area contributed by atoms with Crippen LogP contribution in [0, 0.1) is 11.7 Å². The van der Waals surface area contributed by atoms with Crippen molar-refractivity contribution in [3.63, 3.8) is 0 Å². The largest absolute Gasteiger partial charge is 0.405 e. The molecule has 1 atom stereocenters. The number of hydrogen-bond donors (Lipinski definition) is 2.